The number of alkyl halides is 1. The molecule has 0 saturated carbocycles. The Bertz CT molecular complexity index is 815. The van der Waals surface area contributed by atoms with E-state index in [2.05, 4.69) is 15.9 Å². The fourth-order valence-electron chi connectivity index (χ4n) is 2.51. The van der Waals surface area contributed by atoms with Crippen molar-refractivity contribution in [2.24, 2.45) is 0 Å². The van der Waals surface area contributed by atoms with Gasteiger partial charge >= 0.3 is 5.97 Å². The molecule has 0 amide bonds. The number of hydrogen-bond donors (Lipinski definition) is 1. The molecule has 0 spiro atoms. The van der Waals surface area contributed by atoms with Crippen molar-refractivity contribution in [3.05, 3.63) is 58.3 Å². The molecule has 0 radical (unpaired) electrons. The smallest absolute Gasteiger partial charge is 0.333 e. The molecule has 158 valence electrons. The molecule has 0 bridgehead atoms. The number of hydrogen-bond acceptors (Lipinski definition) is 4. The molecule has 2 unspecified atom stereocenters. The molecule has 2 aromatic carbocycles. The number of halogens is 3. The molecule has 2 rings (SSSR count). The average molecular weight is 473 g/mol. The first-order valence-electron chi connectivity index (χ1n) is 9.06. The van der Waals surface area contributed by atoms with Crippen LogP contribution in [-0.4, -0.2) is 42.7 Å². The van der Waals surface area contributed by atoms with E-state index in [4.69, 9.17) is 14.2 Å². The highest BCUT2D eigenvalue weighted by molar-refractivity contribution is 9.10. The number of ether oxygens (including phenoxy) is 3. The molecule has 2 aromatic rings. The predicted molar refractivity (Wildman–Crippen MR) is 108 cm³/mol. The van der Waals surface area contributed by atoms with E-state index in [0.717, 1.165) is 0 Å². The lowest BCUT2D eigenvalue weighted by Crippen LogP contribution is -2.29. The zero-order valence-corrected chi connectivity index (χ0v) is 17.7. The second-order valence-corrected chi connectivity index (χ2v) is 7.57. The first kappa shape index (κ1) is 23.1. The van der Waals surface area contributed by atoms with Crippen LogP contribution in [0.15, 0.2) is 46.9 Å². The molecule has 29 heavy (non-hydrogen) atoms. The molecule has 2 atom stereocenters. The van der Waals surface area contributed by atoms with Crippen molar-refractivity contribution >= 4 is 21.9 Å². The first-order valence-corrected chi connectivity index (χ1v) is 9.85. The van der Waals surface area contributed by atoms with Crippen LogP contribution in [0, 0.1) is 5.82 Å². The van der Waals surface area contributed by atoms with Crippen LogP contribution in [0.4, 0.5) is 8.78 Å². The topological polar surface area (TPSA) is 65.0 Å². The van der Waals surface area contributed by atoms with E-state index >= 15 is 0 Å². The third-order valence-corrected chi connectivity index (χ3v) is 4.27. The zero-order valence-electron chi connectivity index (χ0n) is 16.1. The minimum absolute atomic E-state index is 0.0392. The summed E-state index contributed by atoms with van der Waals surface area (Å²) in [5.74, 6) is -1.28. The third kappa shape index (κ3) is 7.98. The largest absolute Gasteiger partial charge is 0.490 e. The second-order valence-electron chi connectivity index (χ2n) is 6.66. The maximum absolute atomic E-state index is 14.1. The Morgan fingerprint density at radius 3 is 2.52 bits per heavy atom. The van der Waals surface area contributed by atoms with E-state index < -0.39 is 24.1 Å². The Labute approximate surface area is 176 Å². The minimum atomic E-state index is -1.47. The maximum atomic E-state index is 14.1. The lowest BCUT2D eigenvalue weighted by Gasteiger charge is -2.17. The van der Waals surface area contributed by atoms with Gasteiger partial charge in [-0.05, 0) is 49.7 Å². The molecule has 0 fully saturated rings. The zero-order chi connectivity index (χ0) is 21.4. The third-order valence-electron chi connectivity index (χ3n) is 3.78. The Morgan fingerprint density at radius 2 is 1.86 bits per heavy atom. The van der Waals surface area contributed by atoms with Crippen molar-refractivity contribution in [3.63, 3.8) is 0 Å². The van der Waals surface area contributed by atoms with Crippen molar-refractivity contribution in [1.82, 2.24) is 0 Å². The van der Waals surface area contributed by atoms with Crippen LogP contribution >= 0.6 is 15.9 Å². The number of carbonyl (C=O) groups is 1. The molecule has 0 aliphatic heterocycles. The summed E-state index contributed by atoms with van der Waals surface area (Å²) in [4.78, 5) is 11.3. The Balaban J connectivity index is 1.87. The van der Waals surface area contributed by atoms with Gasteiger partial charge in [0.2, 0.25) is 0 Å². The van der Waals surface area contributed by atoms with Gasteiger partial charge in [-0.25, -0.2) is 13.6 Å². The fourth-order valence-corrected chi connectivity index (χ4v) is 2.84. The van der Waals surface area contributed by atoms with Gasteiger partial charge < -0.3 is 19.3 Å². The normalized spacial score (nSPS) is 13.2. The van der Waals surface area contributed by atoms with Gasteiger partial charge in [0.25, 0.3) is 0 Å². The van der Waals surface area contributed by atoms with Crippen molar-refractivity contribution in [2.45, 2.75) is 38.6 Å². The molecule has 0 aliphatic rings. The molecule has 0 heterocycles. The van der Waals surface area contributed by atoms with E-state index in [1.54, 1.807) is 44.2 Å². The van der Waals surface area contributed by atoms with Crippen molar-refractivity contribution in [2.75, 3.05) is 13.2 Å². The molecule has 0 aliphatic carbocycles. The summed E-state index contributed by atoms with van der Waals surface area (Å²) in [6, 6.07) is 11.0. The summed E-state index contributed by atoms with van der Waals surface area (Å²) in [7, 11) is 0. The predicted octanol–water partition coefficient (Wildman–Crippen LogP) is 4.80. The second kappa shape index (κ2) is 11.1. The maximum Gasteiger partial charge on any atom is 0.333 e. The van der Waals surface area contributed by atoms with E-state index in [-0.39, 0.29) is 31.5 Å². The van der Waals surface area contributed by atoms with Gasteiger partial charge in [0.15, 0.2) is 23.8 Å². The van der Waals surface area contributed by atoms with Gasteiger partial charge in [-0.3, -0.25) is 0 Å². The van der Waals surface area contributed by atoms with Crippen LogP contribution in [-0.2, 0) is 16.0 Å². The lowest BCUT2D eigenvalue weighted by molar-refractivity contribution is -0.153. The van der Waals surface area contributed by atoms with E-state index in [1.165, 1.54) is 12.1 Å². The number of rotatable bonds is 11. The highest BCUT2D eigenvalue weighted by Crippen LogP contribution is 2.22. The Morgan fingerprint density at radius 1 is 1.14 bits per heavy atom. The van der Waals surface area contributed by atoms with Gasteiger partial charge in [0.05, 0.1) is 6.10 Å². The van der Waals surface area contributed by atoms with Gasteiger partial charge in [0, 0.05) is 10.9 Å². The molecular formula is C21H23BrF2O5. The van der Waals surface area contributed by atoms with E-state index in [0.29, 0.717) is 15.8 Å². The molecule has 8 heteroatoms. The fraction of sp³-hybridized carbons (Fsp3) is 0.381. The lowest BCUT2D eigenvalue weighted by atomic mass is 10.1. The molecular weight excluding hydrogens is 450 g/mol. The SMILES string of the molecule is CC(C)OC(Cc1cccc(OCC(F)COc2ccc(Br)cc2F)c1)C(=O)O. The van der Waals surface area contributed by atoms with E-state index in [1.807, 2.05) is 0 Å². The highest BCUT2D eigenvalue weighted by Gasteiger charge is 2.20. The number of aliphatic carboxylic acids is 1. The summed E-state index contributed by atoms with van der Waals surface area (Å²) >= 11 is 3.14. The highest BCUT2D eigenvalue weighted by atomic mass is 79.9. The van der Waals surface area contributed by atoms with Gasteiger partial charge in [0.1, 0.15) is 19.0 Å². The standard InChI is InChI=1S/C21H23BrF2O5/c1-13(2)29-20(21(25)26)9-14-4-3-5-17(8-14)27-11-16(23)12-28-19-7-6-15(22)10-18(19)24/h3-8,10,13,16,20H,9,11-12H2,1-2H3,(H,25,26). The Hall–Kier alpha value is -2.19. The molecule has 0 aromatic heterocycles. The average Bonchev–Trinajstić information content (AvgIpc) is 2.65. The quantitative estimate of drug-likeness (QED) is 0.508. The van der Waals surface area contributed by atoms with Gasteiger partial charge in [-0.1, -0.05) is 28.1 Å². The van der Waals surface area contributed by atoms with Crippen LogP contribution < -0.4 is 9.47 Å². The summed E-state index contributed by atoms with van der Waals surface area (Å²) in [6.45, 7) is 2.88. The molecule has 5 nitrogen and oxygen atoms in total. The number of benzene rings is 2. The van der Waals surface area contributed by atoms with Crippen molar-refractivity contribution < 1.29 is 32.9 Å². The van der Waals surface area contributed by atoms with Crippen LogP contribution in [0.5, 0.6) is 11.5 Å². The number of carboxylic acid groups (broad SMARTS) is 1. The van der Waals surface area contributed by atoms with Gasteiger partial charge in [-0.2, -0.15) is 0 Å². The summed E-state index contributed by atoms with van der Waals surface area (Å²) < 4.78 is 44.3. The minimum Gasteiger partial charge on any atom is -0.490 e. The van der Waals surface area contributed by atoms with E-state index in [9.17, 15) is 18.7 Å². The number of carboxylic acids is 1. The summed E-state index contributed by atoms with van der Waals surface area (Å²) in [5.41, 5.74) is 0.694. The molecule has 1 N–H and O–H groups in total. The van der Waals surface area contributed by atoms with Crippen LogP contribution in [0.3, 0.4) is 0 Å². The molecule has 0 saturated heterocycles. The van der Waals surface area contributed by atoms with Crippen LogP contribution in [0.1, 0.15) is 19.4 Å². The summed E-state index contributed by atoms with van der Waals surface area (Å²) in [5, 5.41) is 9.27. The van der Waals surface area contributed by atoms with Gasteiger partial charge in [-0.15, -0.1) is 0 Å². The monoisotopic (exact) mass is 472 g/mol. The summed E-state index contributed by atoms with van der Waals surface area (Å²) in [6.07, 6.45) is -2.51. The first-order chi connectivity index (χ1) is 13.7. The van der Waals surface area contributed by atoms with Crippen LogP contribution in [0.25, 0.3) is 0 Å². The Kier molecular flexibility index (Phi) is 8.85. The van der Waals surface area contributed by atoms with Crippen LogP contribution in [0.2, 0.25) is 0 Å². The van der Waals surface area contributed by atoms with Crippen molar-refractivity contribution in [3.8, 4) is 11.5 Å². The van der Waals surface area contributed by atoms with Crippen molar-refractivity contribution in [1.29, 1.82) is 0 Å².